The van der Waals surface area contributed by atoms with Crippen LogP contribution in [-0.4, -0.2) is 14.3 Å². The number of thiol groups is 2. The van der Waals surface area contributed by atoms with E-state index < -0.39 is 9.22 Å². The molecule has 0 saturated heterocycles. The predicted molar refractivity (Wildman–Crippen MR) is 37.4 cm³/mol. The lowest BCUT2D eigenvalue weighted by Gasteiger charge is -1.92. The summed E-state index contributed by atoms with van der Waals surface area (Å²) >= 11 is 8.02. The smallest absolute Gasteiger partial charge is 0.366 e. The molecule has 0 fully saturated rings. The summed E-state index contributed by atoms with van der Waals surface area (Å²) in [6, 6.07) is 0. The summed E-state index contributed by atoms with van der Waals surface area (Å²) in [7, 11) is 0. The number of thioether (sulfide) groups is 1. The largest absolute Gasteiger partial charge is 0.473 e. The molecule has 0 radical (unpaired) electrons. The summed E-state index contributed by atoms with van der Waals surface area (Å²) in [5.41, 5.74) is 0. The van der Waals surface area contributed by atoms with Gasteiger partial charge in [-0.05, 0) is 11.8 Å². The Morgan fingerprint density at radius 1 is 1.71 bits per heavy atom. The standard InChI is InChI=1S/C2H4O2S3/c3-1(4)7-2(5)6/h2,5-6H,(H,3,4). The van der Waals surface area contributed by atoms with Crippen LogP contribution in [0.4, 0.5) is 4.79 Å². The van der Waals surface area contributed by atoms with Gasteiger partial charge in [-0.1, -0.05) is 0 Å². The van der Waals surface area contributed by atoms with Crippen molar-refractivity contribution in [1.29, 1.82) is 0 Å². The van der Waals surface area contributed by atoms with Gasteiger partial charge in [0.2, 0.25) is 0 Å². The second-order valence-corrected chi connectivity index (χ2v) is 3.91. The van der Waals surface area contributed by atoms with Gasteiger partial charge in [-0.15, -0.1) is 0 Å². The van der Waals surface area contributed by atoms with Gasteiger partial charge in [0.05, 0.1) is 0 Å². The molecular formula is C2H4O2S3. The van der Waals surface area contributed by atoms with E-state index in [1.165, 1.54) is 0 Å². The minimum Gasteiger partial charge on any atom is -0.473 e. The van der Waals surface area contributed by atoms with Crippen LogP contribution in [0, 0.1) is 0 Å². The molecule has 0 aromatic rings. The molecule has 1 N–H and O–H groups in total. The molecule has 0 unspecified atom stereocenters. The van der Waals surface area contributed by atoms with E-state index in [9.17, 15) is 4.79 Å². The van der Waals surface area contributed by atoms with Gasteiger partial charge < -0.3 is 5.11 Å². The minimum absolute atomic E-state index is 0.419. The molecule has 0 heterocycles. The third-order valence-electron chi connectivity index (χ3n) is 0.206. The second-order valence-electron chi connectivity index (χ2n) is 0.710. The zero-order chi connectivity index (χ0) is 5.86. The van der Waals surface area contributed by atoms with Crippen LogP contribution in [0.3, 0.4) is 0 Å². The lowest BCUT2D eigenvalue weighted by atomic mass is 11.6. The topological polar surface area (TPSA) is 37.3 Å². The fraction of sp³-hybridized carbons (Fsp3) is 0.500. The fourth-order valence-electron chi connectivity index (χ4n) is 0.0902. The van der Waals surface area contributed by atoms with Gasteiger partial charge in [0.1, 0.15) is 3.91 Å². The van der Waals surface area contributed by atoms with Crippen LogP contribution in [0.15, 0.2) is 0 Å². The Morgan fingerprint density at radius 2 is 2.14 bits per heavy atom. The maximum absolute atomic E-state index is 9.67. The maximum atomic E-state index is 9.67. The lowest BCUT2D eigenvalue weighted by Crippen LogP contribution is -1.86. The molecular weight excluding hydrogens is 152 g/mol. The average Bonchev–Trinajstić information content (AvgIpc) is 1.27. The van der Waals surface area contributed by atoms with Crippen molar-refractivity contribution < 1.29 is 9.90 Å². The molecule has 0 aliphatic carbocycles. The highest BCUT2D eigenvalue weighted by Crippen LogP contribution is 2.17. The van der Waals surface area contributed by atoms with E-state index in [1.807, 2.05) is 0 Å². The van der Waals surface area contributed by atoms with Crippen molar-refractivity contribution in [3.63, 3.8) is 0 Å². The van der Waals surface area contributed by atoms with Gasteiger partial charge in [0.15, 0.2) is 0 Å². The van der Waals surface area contributed by atoms with Crippen LogP contribution in [0.1, 0.15) is 0 Å². The molecule has 0 amide bonds. The van der Waals surface area contributed by atoms with Crippen molar-refractivity contribution in [1.82, 2.24) is 0 Å². The highest BCUT2D eigenvalue weighted by molar-refractivity contribution is 8.29. The van der Waals surface area contributed by atoms with E-state index in [0.29, 0.717) is 11.8 Å². The molecule has 0 aliphatic heterocycles. The molecule has 0 rings (SSSR count). The molecule has 0 bridgehead atoms. The molecule has 0 saturated carbocycles. The van der Waals surface area contributed by atoms with Crippen molar-refractivity contribution in [2.75, 3.05) is 0 Å². The molecule has 0 spiro atoms. The van der Waals surface area contributed by atoms with Crippen LogP contribution in [0.5, 0.6) is 0 Å². The van der Waals surface area contributed by atoms with Crippen molar-refractivity contribution >= 4 is 42.3 Å². The van der Waals surface area contributed by atoms with E-state index in [1.54, 1.807) is 0 Å². The third-order valence-corrected chi connectivity index (χ3v) is 1.25. The van der Waals surface area contributed by atoms with Crippen molar-refractivity contribution in [2.24, 2.45) is 0 Å². The van der Waals surface area contributed by atoms with Crippen molar-refractivity contribution in [2.45, 2.75) is 3.91 Å². The van der Waals surface area contributed by atoms with Crippen LogP contribution in [0.25, 0.3) is 0 Å². The predicted octanol–water partition coefficient (Wildman–Crippen LogP) is 1.54. The first-order valence-corrected chi connectivity index (χ1v) is 3.30. The molecule has 0 aliphatic rings. The maximum Gasteiger partial charge on any atom is 0.366 e. The zero-order valence-electron chi connectivity index (χ0n) is 3.24. The molecule has 5 heteroatoms. The highest BCUT2D eigenvalue weighted by Gasteiger charge is 2.00. The van der Waals surface area contributed by atoms with Gasteiger partial charge >= 0.3 is 5.30 Å². The third kappa shape index (κ3) is 6.52. The van der Waals surface area contributed by atoms with Gasteiger partial charge in [0.25, 0.3) is 0 Å². The first-order valence-electron chi connectivity index (χ1n) is 1.38. The van der Waals surface area contributed by atoms with E-state index in [4.69, 9.17) is 5.11 Å². The lowest BCUT2D eigenvalue weighted by molar-refractivity contribution is 0.222. The summed E-state index contributed by atoms with van der Waals surface area (Å²) in [6.07, 6.45) is 0. The van der Waals surface area contributed by atoms with Crippen LogP contribution in [0.2, 0.25) is 0 Å². The summed E-state index contributed by atoms with van der Waals surface area (Å²) in [5, 5.41) is 7.00. The van der Waals surface area contributed by atoms with E-state index >= 15 is 0 Å². The van der Waals surface area contributed by atoms with Crippen LogP contribution >= 0.6 is 37.0 Å². The Morgan fingerprint density at radius 3 is 2.14 bits per heavy atom. The van der Waals surface area contributed by atoms with Gasteiger partial charge in [-0.3, -0.25) is 0 Å². The van der Waals surface area contributed by atoms with E-state index in [-0.39, 0.29) is 0 Å². The number of carboxylic acid groups (broad SMARTS) is 1. The van der Waals surface area contributed by atoms with Gasteiger partial charge in [0, 0.05) is 0 Å². The molecule has 0 aromatic carbocycles. The number of carbonyl (C=O) groups is 1. The average molecular weight is 156 g/mol. The van der Waals surface area contributed by atoms with Crippen molar-refractivity contribution in [3.8, 4) is 0 Å². The van der Waals surface area contributed by atoms with Gasteiger partial charge in [-0.25, -0.2) is 4.79 Å². The van der Waals surface area contributed by atoms with E-state index in [0.717, 1.165) is 0 Å². The summed E-state index contributed by atoms with van der Waals surface area (Å²) < 4.78 is -0.419. The van der Waals surface area contributed by atoms with Crippen LogP contribution in [-0.2, 0) is 0 Å². The summed E-state index contributed by atoms with van der Waals surface area (Å²) in [5.74, 6) is 0. The minimum atomic E-state index is -0.949. The first-order chi connectivity index (χ1) is 3.13. The first kappa shape index (κ1) is 7.52. The van der Waals surface area contributed by atoms with Gasteiger partial charge in [-0.2, -0.15) is 25.3 Å². The van der Waals surface area contributed by atoms with E-state index in [2.05, 4.69) is 25.3 Å². The fourth-order valence-corrected chi connectivity index (χ4v) is 0.812. The Kier molecular flexibility index (Phi) is 3.77. The zero-order valence-corrected chi connectivity index (χ0v) is 5.84. The Balaban J connectivity index is 3.13. The number of hydrogen-bond donors (Lipinski definition) is 3. The Labute approximate surface area is 56.5 Å². The quantitative estimate of drug-likeness (QED) is 0.398. The SMILES string of the molecule is O=C(O)SC(S)S. The Hall–Kier alpha value is 0.520. The second kappa shape index (κ2) is 3.51. The molecule has 7 heavy (non-hydrogen) atoms. The molecule has 0 atom stereocenters. The number of hydrogen-bond acceptors (Lipinski definition) is 4. The summed E-state index contributed by atoms with van der Waals surface area (Å²) in [6.45, 7) is 0. The van der Waals surface area contributed by atoms with Crippen molar-refractivity contribution in [3.05, 3.63) is 0 Å². The highest BCUT2D eigenvalue weighted by atomic mass is 32.2. The monoisotopic (exact) mass is 156 g/mol. The molecule has 42 valence electrons. The van der Waals surface area contributed by atoms with Crippen LogP contribution < -0.4 is 0 Å². The summed E-state index contributed by atoms with van der Waals surface area (Å²) in [4.78, 5) is 9.67. The molecule has 0 aromatic heterocycles. The Bertz CT molecular complexity index is 71.3. The number of rotatable bonds is 1. The molecule has 2 nitrogen and oxygen atoms in total. The normalized spacial score (nSPS) is 9.57.